The van der Waals surface area contributed by atoms with Gasteiger partial charge in [-0.2, -0.15) is 0 Å². The lowest BCUT2D eigenvalue weighted by molar-refractivity contribution is -0.153. The smallest absolute Gasteiger partial charge is 0.326 e. The Labute approximate surface area is 106 Å². The van der Waals surface area contributed by atoms with E-state index < -0.39 is 23.7 Å². The van der Waals surface area contributed by atoms with Crippen molar-refractivity contribution in [1.29, 1.82) is 0 Å². The fourth-order valence-corrected chi connectivity index (χ4v) is 2.72. The molecule has 0 aromatic carbocycles. The number of β-amino-alcohol motifs (C(OH)–C–C–N with tert-alkyl or cyclic N) is 1. The van der Waals surface area contributed by atoms with Crippen molar-refractivity contribution in [2.75, 3.05) is 13.7 Å². The van der Waals surface area contributed by atoms with Gasteiger partial charge in [0.05, 0.1) is 18.1 Å². The summed E-state index contributed by atoms with van der Waals surface area (Å²) < 4.78 is 5.37. The number of hydrogen-bond donors (Lipinski definition) is 2. The van der Waals surface area contributed by atoms with Gasteiger partial charge < -0.3 is 19.8 Å². The molecular formula is C12H19NO5. The number of nitrogens with zero attached hydrogens (tertiary/aromatic N) is 1. The van der Waals surface area contributed by atoms with Crippen molar-refractivity contribution in [3.63, 3.8) is 0 Å². The quantitative estimate of drug-likeness (QED) is 0.739. The largest absolute Gasteiger partial charge is 0.480 e. The molecule has 0 aromatic rings. The van der Waals surface area contributed by atoms with Gasteiger partial charge in [0, 0.05) is 20.1 Å². The minimum Gasteiger partial charge on any atom is -0.480 e. The van der Waals surface area contributed by atoms with Crippen molar-refractivity contribution in [1.82, 2.24) is 4.90 Å². The highest BCUT2D eigenvalue weighted by atomic mass is 16.5. The van der Waals surface area contributed by atoms with Crippen LogP contribution in [0.5, 0.6) is 0 Å². The van der Waals surface area contributed by atoms with Crippen molar-refractivity contribution < 1.29 is 24.5 Å². The van der Waals surface area contributed by atoms with Gasteiger partial charge in [0.1, 0.15) is 6.04 Å². The third-order valence-electron chi connectivity index (χ3n) is 4.06. The Hall–Kier alpha value is -1.14. The molecule has 0 radical (unpaired) electrons. The van der Waals surface area contributed by atoms with Gasteiger partial charge in [-0.25, -0.2) is 4.79 Å². The van der Waals surface area contributed by atoms with E-state index in [-0.39, 0.29) is 25.3 Å². The molecule has 0 spiro atoms. The fourth-order valence-electron chi connectivity index (χ4n) is 2.72. The highest BCUT2D eigenvalue weighted by Crippen LogP contribution is 2.39. The zero-order valence-corrected chi connectivity index (χ0v) is 10.5. The van der Waals surface area contributed by atoms with Gasteiger partial charge in [-0.15, -0.1) is 0 Å². The molecule has 2 atom stereocenters. The van der Waals surface area contributed by atoms with Crippen LogP contribution in [0.4, 0.5) is 0 Å². The predicted molar refractivity (Wildman–Crippen MR) is 62.0 cm³/mol. The van der Waals surface area contributed by atoms with E-state index >= 15 is 0 Å². The number of rotatable bonds is 4. The molecule has 1 aliphatic carbocycles. The van der Waals surface area contributed by atoms with Crippen molar-refractivity contribution in [2.45, 2.75) is 49.9 Å². The van der Waals surface area contributed by atoms with Crippen LogP contribution in [0.25, 0.3) is 0 Å². The number of likely N-dealkylation sites (tertiary alicyclic amines) is 1. The zero-order valence-electron chi connectivity index (χ0n) is 10.5. The molecule has 102 valence electrons. The molecule has 18 heavy (non-hydrogen) atoms. The van der Waals surface area contributed by atoms with Crippen LogP contribution in [0.2, 0.25) is 0 Å². The lowest BCUT2D eigenvalue weighted by atomic mass is 9.77. The number of aliphatic hydroxyl groups is 1. The van der Waals surface area contributed by atoms with Crippen LogP contribution in [0, 0.1) is 0 Å². The highest BCUT2D eigenvalue weighted by Gasteiger charge is 2.44. The third-order valence-corrected chi connectivity index (χ3v) is 4.06. The maximum atomic E-state index is 12.1. The Morgan fingerprint density at radius 1 is 1.44 bits per heavy atom. The molecule has 1 aliphatic heterocycles. The van der Waals surface area contributed by atoms with Crippen molar-refractivity contribution in [3.8, 4) is 0 Å². The summed E-state index contributed by atoms with van der Waals surface area (Å²) in [5, 5.41) is 18.5. The molecule has 1 saturated heterocycles. The Kier molecular flexibility index (Phi) is 3.59. The van der Waals surface area contributed by atoms with Gasteiger partial charge >= 0.3 is 5.97 Å². The van der Waals surface area contributed by atoms with Gasteiger partial charge in [-0.3, -0.25) is 4.79 Å². The first kappa shape index (κ1) is 13.3. The number of aliphatic carboxylic acids is 1. The Morgan fingerprint density at radius 3 is 2.56 bits per heavy atom. The molecule has 1 amide bonds. The normalized spacial score (nSPS) is 30.0. The van der Waals surface area contributed by atoms with Gasteiger partial charge in [-0.1, -0.05) is 0 Å². The van der Waals surface area contributed by atoms with Gasteiger partial charge in [0.2, 0.25) is 5.91 Å². The van der Waals surface area contributed by atoms with Gasteiger partial charge in [0.15, 0.2) is 0 Å². The number of carboxylic acid groups (broad SMARTS) is 1. The first-order chi connectivity index (χ1) is 8.47. The molecule has 1 saturated carbocycles. The second kappa shape index (κ2) is 4.85. The highest BCUT2D eigenvalue weighted by molar-refractivity contribution is 5.85. The molecule has 2 fully saturated rings. The number of ether oxygens (including phenoxy) is 1. The average Bonchev–Trinajstić information content (AvgIpc) is 2.66. The molecule has 6 heteroatoms. The summed E-state index contributed by atoms with van der Waals surface area (Å²) in [4.78, 5) is 24.5. The van der Waals surface area contributed by atoms with E-state index in [1.807, 2.05) is 0 Å². The Balaban J connectivity index is 2.01. The van der Waals surface area contributed by atoms with E-state index in [0.29, 0.717) is 0 Å². The van der Waals surface area contributed by atoms with Crippen LogP contribution < -0.4 is 0 Å². The van der Waals surface area contributed by atoms with E-state index in [0.717, 1.165) is 19.3 Å². The number of methoxy groups -OCH3 is 1. The zero-order chi connectivity index (χ0) is 13.3. The molecule has 2 N–H and O–H groups in total. The maximum Gasteiger partial charge on any atom is 0.326 e. The maximum absolute atomic E-state index is 12.1. The fraction of sp³-hybridized carbons (Fsp3) is 0.833. The molecule has 2 rings (SSSR count). The Morgan fingerprint density at radius 2 is 2.11 bits per heavy atom. The van der Waals surface area contributed by atoms with E-state index in [1.165, 1.54) is 4.90 Å². The Bertz CT molecular complexity index is 347. The lowest BCUT2D eigenvalue weighted by Gasteiger charge is -2.41. The van der Waals surface area contributed by atoms with Gasteiger partial charge in [0.25, 0.3) is 0 Å². The summed E-state index contributed by atoms with van der Waals surface area (Å²) in [5.74, 6) is -1.29. The topological polar surface area (TPSA) is 87.1 Å². The van der Waals surface area contributed by atoms with Crippen LogP contribution in [0.15, 0.2) is 0 Å². The molecule has 0 aromatic heterocycles. The molecule has 2 aliphatic rings. The summed E-state index contributed by atoms with van der Waals surface area (Å²) in [6.45, 7) is 0.107. The summed E-state index contributed by atoms with van der Waals surface area (Å²) in [6.07, 6.45) is 2.29. The number of carbonyl (C=O) groups excluding carboxylic acids is 1. The molecule has 6 nitrogen and oxygen atoms in total. The van der Waals surface area contributed by atoms with Crippen LogP contribution in [0.1, 0.15) is 32.1 Å². The van der Waals surface area contributed by atoms with Crippen LogP contribution in [0.3, 0.4) is 0 Å². The number of carboxylic acids is 1. The minimum atomic E-state index is -1.06. The first-order valence-electron chi connectivity index (χ1n) is 6.23. The van der Waals surface area contributed by atoms with Crippen molar-refractivity contribution in [2.24, 2.45) is 0 Å². The van der Waals surface area contributed by atoms with Gasteiger partial charge in [-0.05, 0) is 19.3 Å². The first-order valence-corrected chi connectivity index (χ1v) is 6.23. The van der Waals surface area contributed by atoms with Crippen LogP contribution >= 0.6 is 0 Å². The van der Waals surface area contributed by atoms with E-state index in [4.69, 9.17) is 9.84 Å². The molecular weight excluding hydrogens is 238 g/mol. The SMILES string of the molecule is COC1(CC(=O)N2C[C@H](O)C[C@@H]2C(=O)O)CCC1. The van der Waals surface area contributed by atoms with Crippen molar-refractivity contribution >= 4 is 11.9 Å². The minimum absolute atomic E-state index is 0.107. The summed E-state index contributed by atoms with van der Waals surface area (Å²) >= 11 is 0. The molecule has 0 unspecified atom stereocenters. The second-order valence-electron chi connectivity index (χ2n) is 5.21. The number of carbonyl (C=O) groups is 2. The summed E-state index contributed by atoms with van der Waals surface area (Å²) in [7, 11) is 1.58. The van der Waals surface area contributed by atoms with Crippen LogP contribution in [-0.4, -0.2) is 58.4 Å². The third kappa shape index (κ3) is 2.35. The van der Waals surface area contributed by atoms with Crippen LogP contribution in [-0.2, 0) is 14.3 Å². The monoisotopic (exact) mass is 257 g/mol. The average molecular weight is 257 g/mol. The predicted octanol–water partition coefficient (Wildman–Crippen LogP) is -0.00800. The van der Waals surface area contributed by atoms with E-state index in [2.05, 4.69) is 0 Å². The molecule has 1 heterocycles. The summed E-state index contributed by atoms with van der Waals surface area (Å²) in [6, 6.07) is -0.901. The number of amides is 1. The number of aliphatic hydroxyl groups excluding tert-OH is 1. The van der Waals surface area contributed by atoms with Crippen molar-refractivity contribution in [3.05, 3.63) is 0 Å². The number of hydrogen-bond acceptors (Lipinski definition) is 4. The second-order valence-corrected chi connectivity index (χ2v) is 5.21. The molecule has 0 bridgehead atoms. The van der Waals surface area contributed by atoms with E-state index in [9.17, 15) is 14.7 Å². The standard InChI is InChI=1S/C12H19NO5/c1-18-12(3-2-4-12)6-10(15)13-7-8(14)5-9(13)11(16)17/h8-9,14H,2-7H2,1H3,(H,16,17)/t8-,9-/m1/s1. The van der Waals surface area contributed by atoms with E-state index in [1.54, 1.807) is 7.11 Å². The lowest BCUT2D eigenvalue weighted by Crippen LogP contribution is -2.48. The summed E-state index contributed by atoms with van der Waals surface area (Å²) in [5.41, 5.74) is -0.409.